The summed E-state index contributed by atoms with van der Waals surface area (Å²) in [6.45, 7) is 5.36. The summed E-state index contributed by atoms with van der Waals surface area (Å²) in [6.07, 6.45) is 9.77. The minimum absolute atomic E-state index is 0.0760. The normalized spacial score (nSPS) is 29.4. The van der Waals surface area contributed by atoms with Crippen molar-refractivity contribution in [2.75, 3.05) is 18.6 Å². The molecule has 0 aromatic heterocycles. The highest BCUT2D eigenvalue weighted by Crippen LogP contribution is 2.33. The van der Waals surface area contributed by atoms with Crippen molar-refractivity contribution in [3.05, 3.63) is 0 Å². The van der Waals surface area contributed by atoms with Crippen LogP contribution in [0.1, 0.15) is 52.4 Å². The number of nitrogens with one attached hydrogen (secondary N) is 1. The van der Waals surface area contributed by atoms with E-state index in [1.54, 1.807) is 0 Å². The Morgan fingerprint density at radius 3 is 2.70 bits per heavy atom. The lowest BCUT2D eigenvalue weighted by molar-refractivity contribution is -0.131. The third-order valence-electron chi connectivity index (χ3n) is 4.67. The van der Waals surface area contributed by atoms with E-state index in [-0.39, 0.29) is 6.04 Å². The molecule has 2 rings (SSSR count). The Morgan fingerprint density at radius 2 is 2.10 bits per heavy atom. The summed E-state index contributed by atoms with van der Waals surface area (Å²) < 4.78 is 0. The number of hydrogen-bond donors (Lipinski definition) is 1. The zero-order valence-electron chi connectivity index (χ0n) is 13.2. The van der Waals surface area contributed by atoms with E-state index in [1.165, 1.54) is 25.7 Å². The predicted molar refractivity (Wildman–Crippen MR) is 86.8 cm³/mol. The summed E-state index contributed by atoms with van der Waals surface area (Å²) >= 11 is 1.88. The average molecular weight is 298 g/mol. The molecular weight excluding hydrogens is 268 g/mol. The fraction of sp³-hybridized carbons (Fsp3) is 0.938. The molecule has 20 heavy (non-hydrogen) atoms. The van der Waals surface area contributed by atoms with Gasteiger partial charge in [0.15, 0.2) is 0 Å². The second-order valence-electron chi connectivity index (χ2n) is 6.55. The van der Waals surface area contributed by atoms with E-state index in [9.17, 15) is 4.79 Å². The van der Waals surface area contributed by atoms with Crippen LogP contribution in [-0.2, 0) is 4.79 Å². The van der Waals surface area contributed by atoms with Gasteiger partial charge < -0.3 is 4.90 Å². The van der Waals surface area contributed by atoms with Gasteiger partial charge in [0.05, 0.1) is 12.2 Å². The van der Waals surface area contributed by atoms with Gasteiger partial charge in [-0.15, -0.1) is 0 Å². The number of thioether (sulfide) groups is 1. The summed E-state index contributed by atoms with van der Waals surface area (Å²) in [5, 5.41) is 3.65. The molecule has 3 atom stereocenters. The van der Waals surface area contributed by atoms with E-state index in [0.717, 1.165) is 25.1 Å². The molecule has 1 saturated heterocycles. The Kier molecular flexibility index (Phi) is 6.21. The fourth-order valence-electron chi connectivity index (χ4n) is 3.74. The molecule has 3 nitrogen and oxygen atoms in total. The first-order valence-electron chi connectivity index (χ1n) is 8.22. The van der Waals surface area contributed by atoms with E-state index in [4.69, 9.17) is 0 Å². The van der Waals surface area contributed by atoms with Crippen molar-refractivity contribution in [2.45, 2.75) is 64.6 Å². The summed E-state index contributed by atoms with van der Waals surface area (Å²) in [6, 6.07) is 0.0760. The molecule has 1 heterocycles. The highest BCUT2D eigenvalue weighted by atomic mass is 32.2. The van der Waals surface area contributed by atoms with Crippen LogP contribution < -0.4 is 5.32 Å². The fourth-order valence-corrected chi connectivity index (χ4v) is 4.41. The van der Waals surface area contributed by atoms with Gasteiger partial charge in [0, 0.05) is 6.54 Å². The van der Waals surface area contributed by atoms with Gasteiger partial charge in [0.1, 0.15) is 0 Å². The van der Waals surface area contributed by atoms with Crippen molar-refractivity contribution in [3.8, 4) is 0 Å². The molecule has 0 aromatic rings. The molecule has 0 aromatic carbocycles. The monoisotopic (exact) mass is 298 g/mol. The van der Waals surface area contributed by atoms with Crippen molar-refractivity contribution < 1.29 is 4.79 Å². The molecule has 2 aliphatic rings. The highest BCUT2D eigenvalue weighted by Gasteiger charge is 2.42. The average Bonchev–Trinajstić information content (AvgIpc) is 3.02. The Bertz CT molecular complexity index is 318. The third-order valence-corrected chi connectivity index (χ3v) is 5.57. The molecule has 4 heteroatoms. The van der Waals surface area contributed by atoms with Gasteiger partial charge in [-0.3, -0.25) is 10.1 Å². The van der Waals surface area contributed by atoms with Crippen molar-refractivity contribution >= 4 is 17.7 Å². The van der Waals surface area contributed by atoms with E-state index < -0.39 is 0 Å². The number of carbonyl (C=O) groups excluding carboxylic acids is 1. The van der Waals surface area contributed by atoms with Crippen molar-refractivity contribution in [3.63, 3.8) is 0 Å². The maximum atomic E-state index is 12.7. The van der Waals surface area contributed by atoms with Crippen LogP contribution in [0.3, 0.4) is 0 Å². The molecular formula is C16H30N2OS. The molecule has 1 N–H and O–H groups in total. The van der Waals surface area contributed by atoms with E-state index >= 15 is 0 Å². The molecule has 3 unspecified atom stereocenters. The van der Waals surface area contributed by atoms with Gasteiger partial charge >= 0.3 is 0 Å². The standard InChI is InChI=1S/C16H30N2OS/c1-4-7-14-16(19)18(10-12(2)11-20-3)15(17-14)13-8-5-6-9-13/h12-15,17H,4-11H2,1-3H3. The summed E-state index contributed by atoms with van der Waals surface area (Å²) in [5.74, 6) is 2.76. The lowest BCUT2D eigenvalue weighted by Gasteiger charge is -2.31. The summed E-state index contributed by atoms with van der Waals surface area (Å²) in [5.41, 5.74) is 0. The van der Waals surface area contributed by atoms with Crippen molar-refractivity contribution in [1.82, 2.24) is 10.2 Å². The summed E-state index contributed by atoms with van der Waals surface area (Å²) in [7, 11) is 0. The second-order valence-corrected chi connectivity index (χ2v) is 7.46. The van der Waals surface area contributed by atoms with Crippen molar-refractivity contribution in [1.29, 1.82) is 0 Å². The van der Waals surface area contributed by atoms with Crippen LogP contribution in [0.15, 0.2) is 0 Å². The third kappa shape index (κ3) is 3.70. The molecule has 1 amide bonds. The molecule has 0 spiro atoms. The number of amides is 1. The number of rotatable bonds is 7. The largest absolute Gasteiger partial charge is 0.325 e. The van der Waals surface area contributed by atoms with Gasteiger partial charge in [-0.05, 0) is 43.1 Å². The molecule has 1 aliphatic carbocycles. The van der Waals surface area contributed by atoms with Gasteiger partial charge in [-0.25, -0.2) is 0 Å². The Morgan fingerprint density at radius 1 is 1.40 bits per heavy atom. The molecule has 1 saturated carbocycles. The minimum atomic E-state index is 0.0760. The lowest BCUT2D eigenvalue weighted by Crippen LogP contribution is -2.44. The van der Waals surface area contributed by atoms with Gasteiger partial charge in [0.25, 0.3) is 0 Å². The Balaban J connectivity index is 2.03. The van der Waals surface area contributed by atoms with Crippen molar-refractivity contribution in [2.24, 2.45) is 11.8 Å². The number of nitrogens with zero attached hydrogens (tertiary/aromatic N) is 1. The first-order valence-corrected chi connectivity index (χ1v) is 9.62. The van der Waals surface area contributed by atoms with Crippen LogP contribution in [0.25, 0.3) is 0 Å². The smallest absolute Gasteiger partial charge is 0.241 e. The molecule has 2 fully saturated rings. The quantitative estimate of drug-likeness (QED) is 0.784. The second kappa shape index (κ2) is 7.69. The van der Waals surface area contributed by atoms with Gasteiger partial charge in [0.2, 0.25) is 5.91 Å². The zero-order chi connectivity index (χ0) is 14.5. The van der Waals surface area contributed by atoms with Crippen LogP contribution in [0, 0.1) is 11.8 Å². The number of hydrogen-bond acceptors (Lipinski definition) is 3. The lowest BCUT2D eigenvalue weighted by atomic mass is 10.0. The van der Waals surface area contributed by atoms with Gasteiger partial charge in [-0.2, -0.15) is 11.8 Å². The molecule has 116 valence electrons. The minimum Gasteiger partial charge on any atom is -0.325 e. The Labute approximate surface area is 128 Å². The molecule has 0 bridgehead atoms. The number of carbonyl (C=O) groups is 1. The molecule has 1 aliphatic heterocycles. The van der Waals surface area contributed by atoms with E-state index in [0.29, 0.717) is 23.9 Å². The van der Waals surface area contributed by atoms with Crippen LogP contribution in [0.2, 0.25) is 0 Å². The zero-order valence-corrected chi connectivity index (χ0v) is 14.0. The maximum Gasteiger partial charge on any atom is 0.241 e. The molecule has 0 radical (unpaired) electrons. The topological polar surface area (TPSA) is 32.3 Å². The van der Waals surface area contributed by atoms with Crippen LogP contribution in [0.4, 0.5) is 0 Å². The van der Waals surface area contributed by atoms with Crippen LogP contribution in [0.5, 0.6) is 0 Å². The van der Waals surface area contributed by atoms with Gasteiger partial charge in [-0.1, -0.05) is 33.1 Å². The van der Waals surface area contributed by atoms with Crippen LogP contribution in [-0.4, -0.2) is 41.6 Å². The van der Waals surface area contributed by atoms with E-state index in [2.05, 4.69) is 30.3 Å². The van der Waals surface area contributed by atoms with Crippen LogP contribution >= 0.6 is 11.8 Å². The predicted octanol–water partition coefficient (Wildman–Crippen LogP) is 3.10. The first kappa shape index (κ1) is 16.2. The first-order chi connectivity index (χ1) is 9.67. The summed E-state index contributed by atoms with van der Waals surface area (Å²) in [4.78, 5) is 14.8. The highest BCUT2D eigenvalue weighted by molar-refractivity contribution is 7.98. The Hall–Kier alpha value is -0.220. The van der Waals surface area contributed by atoms with E-state index in [1.807, 2.05) is 11.8 Å². The maximum absolute atomic E-state index is 12.7. The SMILES string of the molecule is CCCC1NC(C2CCCC2)N(CC(C)CSC)C1=O.